The van der Waals surface area contributed by atoms with Crippen LogP contribution in [-0.4, -0.2) is 37.1 Å². The van der Waals surface area contributed by atoms with Crippen LogP contribution in [0.1, 0.15) is 77.1 Å². The molecule has 2 fully saturated rings. The molecule has 2 N–H and O–H groups in total. The van der Waals surface area contributed by atoms with E-state index in [4.69, 9.17) is 9.63 Å². The van der Waals surface area contributed by atoms with Gasteiger partial charge in [-0.05, 0) is 25.7 Å². The SMILES string of the molecule is O=C(O)c1cnc(C(=O)NC2(c3noc(C4CC4)n3)CCCC2)cn1. The van der Waals surface area contributed by atoms with E-state index in [0.717, 1.165) is 50.9 Å². The Morgan fingerprint density at radius 2 is 1.84 bits per heavy atom. The van der Waals surface area contributed by atoms with E-state index in [9.17, 15) is 9.59 Å². The number of carbonyl (C=O) groups is 2. The largest absolute Gasteiger partial charge is 0.476 e. The highest BCUT2D eigenvalue weighted by Gasteiger charge is 2.43. The molecule has 0 atom stereocenters. The molecular weight excluding hydrogens is 326 g/mol. The van der Waals surface area contributed by atoms with Crippen LogP contribution in [0.5, 0.6) is 0 Å². The first-order valence-corrected chi connectivity index (χ1v) is 8.29. The molecule has 2 saturated carbocycles. The maximum Gasteiger partial charge on any atom is 0.356 e. The molecule has 2 aliphatic rings. The van der Waals surface area contributed by atoms with Gasteiger partial charge in [0, 0.05) is 5.92 Å². The molecule has 0 bridgehead atoms. The summed E-state index contributed by atoms with van der Waals surface area (Å²) < 4.78 is 5.35. The molecule has 130 valence electrons. The molecule has 2 heterocycles. The van der Waals surface area contributed by atoms with Crippen LogP contribution in [-0.2, 0) is 5.54 Å². The average molecular weight is 343 g/mol. The molecular formula is C16H17N5O4. The van der Waals surface area contributed by atoms with Crippen LogP contribution in [0.15, 0.2) is 16.9 Å². The van der Waals surface area contributed by atoms with Crippen LogP contribution in [0.2, 0.25) is 0 Å². The van der Waals surface area contributed by atoms with Crippen molar-refractivity contribution in [2.75, 3.05) is 0 Å². The Balaban J connectivity index is 1.56. The minimum atomic E-state index is -1.19. The first kappa shape index (κ1) is 15.7. The number of carboxylic acids is 1. The summed E-state index contributed by atoms with van der Waals surface area (Å²) in [5, 5.41) is 15.9. The predicted octanol–water partition coefficient (Wildman–Crippen LogP) is 1.63. The van der Waals surface area contributed by atoms with Crippen LogP contribution in [0.4, 0.5) is 0 Å². The van der Waals surface area contributed by atoms with Gasteiger partial charge in [-0.1, -0.05) is 18.0 Å². The smallest absolute Gasteiger partial charge is 0.356 e. The van der Waals surface area contributed by atoms with Crippen LogP contribution >= 0.6 is 0 Å². The van der Waals surface area contributed by atoms with Crippen LogP contribution < -0.4 is 5.32 Å². The molecule has 0 spiro atoms. The van der Waals surface area contributed by atoms with Crippen molar-refractivity contribution in [1.29, 1.82) is 0 Å². The topological polar surface area (TPSA) is 131 Å². The van der Waals surface area contributed by atoms with Crippen molar-refractivity contribution in [1.82, 2.24) is 25.4 Å². The van der Waals surface area contributed by atoms with Gasteiger partial charge in [-0.2, -0.15) is 4.98 Å². The number of hydrogen-bond donors (Lipinski definition) is 2. The Kier molecular flexibility index (Phi) is 3.70. The molecule has 9 heteroatoms. The highest BCUT2D eigenvalue weighted by molar-refractivity contribution is 5.93. The Morgan fingerprint density at radius 3 is 2.44 bits per heavy atom. The van der Waals surface area contributed by atoms with Gasteiger partial charge in [0.15, 0.2) is 11.5 Å². The second kappa shape index (κ2) is 5.91. The van der Waals surface area contributed by atoms with Gasteiger partial charge in [0.25, 0.3) is 5.91 Å². The summed E-state index contributed by atoms with van der Waals surface area (Å²) in [4.78, 5) is 35.5. The van der Waals surface area contributed by atoms with Crippen molar-refractivity contribution < 1.29 is 19.2 Å². The van der Waals surface area contributed by atoms with E-state index in [2.05, 4.69) is 25.4 Å². The first-order chi connectivity index (χ1) is 12.1. The molecule has 0 radical (unpaired) electrons. The zero-order valence-electron chi connectivity index (χ0n) is 13.4. The summed E-state index contributed by atoms with van der Waals surface area (Å²) in [6, 6.07) is 0. The number of aromatic nitrogens is 4. The molecule has 0 unspecified atom stereocenters. The molecule has 25 heavy (non-hydrogen) atoms. The highest BCUT2D eigenvalue weighted by Crippen LogP contribution is 2.42. The summed E-state index contributed by atoms with van der Waals surface area (Å²) in [5.41, 5.74) is -0.817. The fraction of sp³-hybridized carbons (Fsp3) is 0.500. The number of hydrogen-bond acceptors (Lipinski definition) is 7. The van der Waals surface area contributed by atoms with Gasteiger partial charge >= 0.3 is 5.97 Å². The number of carboxylic acid groups (broad SMARTS) is 1. The molecule has 0 saturated heterocycles. The quantitative estimate of drug-likeness (QED) is 0.837. The van der Waals surface area contributed by atoms with E-state index in [1.165, 1.54) is 0 Å². The molecule has 4 rings (SSSR count). The van der Waals surface area contributed by atoms with Gasteiger partial charge in [-0.3, -0.25) is 4.79 Å². The van der Waals surface area contributed by atoms with Crippen molar-refractivity contribution in [3.05, 3.63) is 35.5 Å². The highest BCUT2D eigenvalue weighted by atomic mass is 16.5. The maximum atomic E-state index is 12.6. The first-order valence-electron chi connectivity index (χ1n) is 8.29. The predicted molar refractivity (Wildman–Crippen MR) is 82.9 cm³/mol. The fourth-order valence-corrected chi connectivity index (χ4v) is 3.15. The summed E-state index contributed by atoms with van der Waals surface area (Å²) in [6.07, 6.45) is 7.71. The van der Waals surface area contributed by atoms with Crippen LogP contribution in [0.25, 0.3) is 0 Å². The molecule has 1 amide bonds. The minimum Gasteiger partial charge on any atom is -0.476 e. The summed E-state index contributed by atoms with van der Waals surface area (Å²) in [6.45, 7) is 0. The monoisotopic (exact) mass is 343 g/mol. The summed E-state index contributed by atoms with van der Waals surface area (Å²) in [7, 11) is 0. The third-order valence-corrected chi connectivity index (χ3v) is 4.71. The molecule has 2 aromatic rings. The van der Waals surface area contributed by atoms with E-state index in [1.54, 1.807) is 0 Å². The van der Waals surface area contributed by atoms with Crippen molar-refractivity contribution in [3.63, 3.8) is 0 Å². The third kappa shape index (κ3) is 2.97. The number of amides is 1. The zero-order chi connectivity index (χ0) is 17.4. The number of carbonyl (C=O) groups excluding carboxylic acids is 1. The zero-order valence-corrected chi connectivity index (χ0v) is 13.4. The van der Waals surface area contributed by atoms with Crippen molar-refractivity contribution >= 4 is 11.9 Å². The fourth-order valence-electron chi connectivity index (χ4n) is 3.15. The lowest BCUT2D eigenvalue weighted by Gasteiger charge is -2.26. The van der Waals surface area contributed by atoms with E-state index < -0.39 is 17.4 Å². The van der Waals surface area contributed by atoms with Gasteiger partial charge in [-0.25, -0.2) is 14.8 Å². The average Bonchev–Trinajstić information content (AvgIpc) is 3.15. The maximum absolute atomic E-state index is 12.6. The van der Waals surface area contributed by atoms with Crippen molar-refractivity contribution in [3.8, 4) is 0 Å². The summed E-state index contributed by atoms with van der Waals surface area (Å²) >= 11 is 0. The number of rotatable bonds is 5. The normalized spacial score (nSPS) is 18.9. The molecule has 9 nitrogen and oxygen atoms in total. The number of nitrogens with zero attached hydrogens (tertiary/aromatic N) is 4. The lowest BCUT2D eigenvalue weighted by Crippen LogP contribution is -2.45. The van der Waals surface area contributed by atoms with Gasteiger partial charge < -0.3 is 14.9 Å². The Bertz CT molecular complexity index is 806. The Hall–Kier alpha value is -2.84. The van der Waals surface area contributed by atoms with Gasteiger partial charge in [-0.15, -0.1) is 0 Å². The van der Waals surface area contributed by atoms with E-state index in [-0.39, 0.29) is 11.4 Å². The van der Waals surface area contributed by atoms with E-state index >= 15 is 0 Å². The lowest BCUT2D eigenvalue weighted by molar-refractivity contribution is 0.0688. The Labute approximate surface area is 142 Å². The van der Waals surface area contributed by atoms with Crippen molar-refractivity contribution in [2.45, 2.75) is 50.0 Å². The number of nitrogens with one attached hydrogen (secondary N) is 1. The Morgan fingerprint density at radius 1 is 1.16 bits per heavy atom. The van der Waals surface area contributed by atoms with E-state index in [0.29, 0.717) is 17.6 Å². The van der Waals surface area contributed by atoms with Crippen LogP contribution in [0.3, 0.4) is 0 Å². The minimum absolute atomic E-state index is 0.0576. The molecule has 0 aromatic carbocycles. The second-order valence-electron chi connectivity index (χ2n) is 6.57. The van der Waals surface area contributed by atoms with Gasteiger partial charge in [0.1, 0.15) is 11.2 Å². The lowest BCUT2D eigenvalue weighted by atomic mass is 9.96. The molecule has 2 aliphatic carbocycles. The molecule has 0 aliphatic heterocycles. The molecule has 2 aromatic heterocycles. The standard InChI is InChI=1S/C16H17N5O4/c22-12(10-7-18-11(8-17-10)14(23)24)20-16(5-1-2-6-16)15-19-13(25-21-15)9-3-4-9/h7-9H,1-6H2,(H,20,22)(H,23,24). The van der Waals surface area contributed by atoms with Crippen LogP contribution in [0, 0.1) is 0 Å². The summed E-state index contributed by atoms with van der Waals surface area (Å²) in [5.74, 6) is -0.114. The van der Waals surface area contributed by atoms with Gasteiger partial charge in [0.2, 0.25) is 5.89 Å². The van der Waals surface area contributed by atoms with E-state index in [1.807, 2.05) is 0 Å². The third-order valence-electron chi connectivity index (χ3n) is 4.71. The second-order valence-corrected chi connectivity index (χ2v) is 6.57. The number of aromatic carboxylic acids is 1. The van der Waals surface area contributed by atoms with Crippen molar-refractivity contribution in [2.24, 2.45) is 0 Å². The van der Waals surface area contributed by atoms with Gasteiger partial charge in [0.05, 0.1) is 12.4 Å².